The van der Waals surface area contributed by atoms with Crippen molar-refractivity contribution < 1.29 is 9.59 Å². The summed E-state index contributed by atoms with van der Waals surface area (Å²) in [5.74, 6) is -0.194. The molecule has 1 aromatic rings. The van der Waals surface area contributed by atoms with Crippen molar-refractivity contribution in [1.82, 2.24) is 16.0 Å². The van der Waals surface area contributed by atoms with Crippen LogP contribution in [0.4, 0.5) is 0 Å². The molecule has 1 amide bonds. The van der Waals surface area contributed by atoms with E-state index in [1.807, 2.05) is 37.4 Å². The standard InChI is InChI=1S/C17H27N3O2/c1-13(21)16(14-9-5-4-6-10-14)20-17(22)15(19-3)11-7-8-12-18-2/h4-6,9-10,15-16,18-19H,7-8,11-12H2,1-3H3,(H,20,22). The number of benzene rings is 1. The minimum Gasteiger partial charge on any atom is -0.341 e. The molecule has 0 saturated heterocycles. The number of ketones is 1. The van der Waals surface area contributed by atoms with Gasteiger partial charge < -0.3 is 16.0 Å². The smallest absolute Gasteiger partial charge is 0.237 e. The topological polar surface area (TPSA) is 70.2 Å². The van der Waals surface area contributed by atoms with Gasteiger partial charge in [-0.2, -0.15) is 0 Å². The van der Waals surface area contributed by atoms with Gasteiger partial charge >= 0.3 is 0 Å². The van der Waals surface area contributed by atoms with Gasteiger partial charge in [0, 0.05) is 0 Å². The molecule has 1 aromatic carbocycles. The molecule has 0 radical (unpaired) electrons. The predicted octanol–water partition coefficient (Wildman–Crippen LogP) is 1.41. The molecule has 0 aliphatic rings. The molecule has 2 atom stereocenters. The number of likely N-dealkylation sites (N-methyl/N-ethyl adjacent to an activating group) is 1. The van der Waals surface area contributed by atoms with Crippen LogP contribution in [0.25, 0.3) is 0 Å². The second-order valence-corrected chi connectivity index (χ2v) is 5.40. The summed E-state index contributed by atoms with van der Waals surface area (Å²) in [6, 6.07) is 8.47. The summed E-state index contributed by atoms with van der Waals surface area (Å²) in [4.78, 5) is 24.2. The third kappa shape index (κ3) is 5.95. The fraction of sp³-hybridized carbons (Fsp3) is 0.529. The number of carbonyl (C=O) groups is 2. The van der Waals surface area contributed by atoms with Crippen molar-refractivity contribution in [2.45, 2.75) is 38.3 Å². The fourth-order valence-corrected chi connectivity index (χ4v) is 2.36. The molecule has 5 nitrogen and oxygen atoms in total. The lowest BCUT2D eigenvalue weighted by Crippen LogP contribution is -2.45. The molecule has 5 heteroatoms. The summed E-state index contributed by atoms with van der Waals surface area (Å²) < 4.78 is 0. The van der Waals surface area contributed by atoms with E-state index in [4.69, 9.17) is 0 Å². The van der Waals surface area contributed by atoms with Gasteiger partial charge in [0.2, 0.25) is 5.91 Å². The van der Waals surface area contributed by atoms with Crippen LogP contribution in [0.3, 0.4) is 0 Å². The van der Waals surface area contributed by atoms with Crippen molar-refractivity contribution in [3.8, 4) is 0 Å². The maximum absolute atomic E-state index is 12.4. The minimum atomic E-state index is -0.582. The molecule has 3 N–H and O–H groups in total. The van der Waals surface area contributed by atoms with Crippen LogP contribution in [0.15, 0.2) is 30.3 Å². The zero-order valence-electron chi connectivity index (χ0n) is 13.7. The summed E-state index contributed by atoms with van der Waals surface area (Å²) in [7, 11) is 3.69. The quantitative estimate of drug-likeness (QED) is 0.572. The zero-order valence-corrected chi connectivity index (χ0v) is 13.7. The van der Waals surface area contributed by atoms with E-state index in [1.165, 1.54) is 6.92 Å². The van der Waals surface area contributed by atoms with E-state index in [-0.39, 0.29) is 17.7 Å². The molecule has 122 valence electrons. The molecule has 0 saturated carbocycles. The Bertz CT molecular complexity index is 462. The number of amides is 1. The van der Waals surface area contributed by atoms with E-state index in [9.17, 15) is 9.59 Å². The number of Topliss-reactive ketones (excluding diaryl/α,β-unsaturated/α-hetero) is 1. The van der Waals surface area contributed by atoms with E-state index in [2.05, 4.69) is 16.0 Å². The zero-order chi connectivity index (χ0) is 16.4. The lowest BCUT2D eigenvalue weighted by atomic mass is 10.0. The number of unbranched alkanes of at least 4 members (excludes halogenated alkanes) is 1. The van der Waals surface area contributed by atoms with Gasteiger partial charge in [-0.3, -0.25) is 9.59 Å². The number of rotatable bonds is 10. The lowest BCUT2D eigenvalue weighted by molar-refractivity contribution is -0.128. The molecule has 2 unspecified atom stereocenters. The highest BCUT2D eigenvalue weighted by molar-refractivity contribution is 5.90. The van der Waals surface area contributed by atoms with Gasteiger partial charge in [-0.1, -0.05) is 36.8 Å². The number of nitrogens with one attached hydrogen (secondary N) is 3. The van der Waals surface area contributed by atoms with E-state index in [0.29, 0.717) is 0 Å². The average molecular weight is 305 g/mol. The first-order chi connectivity index (χ1) is 10.6. The highest BCUT2D eigenvalue weighted by Crippen LogP contribution is 2.14. The van der Waals surface area contributed by atoms with Gasteiger partial charge in [0.15, 0.2) is 5.78 Å². The monoisotopic (exact) mass is 305 g/mol. The molecular formula is C17H27N3O2. The maximum atomic E-state index is 12.4. The first-order valence-corrected chi connectivity index (χ1v) is 7.77. The van der Waals surface area contributed by atoms with Crippen LogP contribution in [-0.2, 0) is 9.59 Å². The minimum absolute atomic E-state index is 0.0652. The van der Waals surface area contributed by atoms with Crippen molar-refractivity contribution in [3.05, 3.63) is 35.9 Å². The molecule has 0 heterocycles. The summed E-state index contributed by atoms with van der Waals surface area (Å²) >= 11 is 0. The molecule has 0 fully saturated rings. The van der Waals surface area contributed by atoms with Crippen LogP contribution in [0.2, 0.25) is 0 Å². The highest BCUT2D eigenvalue weighted by Gasteiger charge is 2.23. The molecule has 1 rings (SSSR count). The van der Waals surface area contributed by atoms with Gasteiger partial charge in [-0.15, -0.1) is 0 Å². The molecule has 0 aliphatic heterocycles. The molecule has 22 heavy (non-hydrogen) atoms. The van der Waals surface area contributed by atoms with Crippen LogP contribution in [0.1, 0.15) is 37.8 Å². The lowest BCUT2D eigenvalue weighted by Gasteiger charge is -2.21. The predicted molar refractivity (Wildman–Crippen MR) is 88.6 cm³/mol. The van der Waals surface area contributed by atoms with Crippen LogP contribution in [0, 0.1) is 0 Å². The Labute approximate surface area is 132 Å². The molecular weight excluding hydrogens is 278 g/mol. The van der Waals surface area contributed by atoms with Crippen molar-refractivity contribution in [1.29, 1.82) is 0 Å². The van der Waals surface area contributed by atoms with Gasteiger partial charge in [-0.25, -0.2) is 0 Å². The summed E-state index contributed by atoms with van der Waals surface area (Å²) in [6.07, 6.45) is 2.73. The Balaban J connectivity index is 2.63. The second-order valence-electron chi connectivity index (χ2n) is 5.40. The fourth-order valence-electron chi connectivity index (χ4n) is 2.36. The van der Waals surface area contributed by atoms with Crippen molar-refractivity contribution in [3.63, 3.8) is 0 Å². The maximum Gasteiger partial charge on any atom is 0.237 e. The molecule has 0 spiro atoms. The highest BCUT2D eigenvalue weighted by atomic mass is 16.2. The Morgan fingerprint density at radius 2 is 1.77 bits per heavy atom. The van der Waals surface area contributed by atoms with Gasteiger partial charge in [-0.05, 0) is 46.0 Å². The van der Waals surface area contributed by atoms with Crippen LogP contribution in [0.5, 0.6) is 0 Å². The van der Waals surface area contributed by atoms with E-state index in [1.54, 1.807) is 7.05 Å². The summed E-state index contributed by atoms with van der Waals surface area (Å²) in [6.45, 7) is 2.44. The number of hydrogen-bond donors (Lipinski definition) is 3. The van der Waals surface area contributed by atoms with Crippen molar-refractivity contribution >= 4 is 11.7 Å². The van der Waals surface area contributed by atoms with Crippen LogP contribution in [-0.4, -0.2) is 38.4 Å². The van der Waals surface area contributed by atoms with E-state index >= 15 is 0 Å². The third-order valence-electron chi connectivity index (χ3n) is 3.66. The molecule has 0 aromatic heterocycles. The summed E-state index contributed by atoms with van der Waals surface area (Å²) in [5.41, 5.74) is 0.813. The summed E-state index contributed by atoms with van der Waals surface area (Å²) in [5, 5.41) is 8.98. The Morgan fingerprint density at radius 3 is 2.32 bits per heavy atom. The number of carbonyl (C=O) groups excluding carboxylic acids is 2. The van der Waals surface area contributed by atoms with Crippen LogP contribution < -0.4 is 16.0 Å². The molecule has 0 bridgehead atoms. The third-order valence-corrected chi connectivity index (χ3v) is 3.66. The first kappa shape index (κ1) is 18.3. The Kier molecular flexibility index (Phi) is 8.40. The van der Waals surface area contributed by atoms with Gasteiger partial charge in [0.05, 0.1) is 6.04 Å². The normalized spacial score (nSPS) is 13.4. The largest absolute Gasteiger partial charge is 0.341 e. The molecule has 0 aliphatic carbocycles. The van der Waals surface area contributed by atoms with Crippen molar-refractivity contribution in [2.24, 2.45) is 0 Å². The van der Waals surface area contributed by atoms with Gasteiger partial charge in [0.1, 0.15) is 6.04 Å². The van der Waals surface area contributed by atoms with E-state index < -0.39 is 6.04 Å². The van der Waals surface area contributed by atoms with Crippen LogP contribution >= 0.6 is 0 Å². The first-order valence-electron chi connectivity index (χ1n) is 7.77. The SMILES string of the molecule is CNCCCCC(NC)C(=O)NC(C(C)=O)c1ccccc1. The second kappa shape index (κ2) is 10.1. The van der Waals surface area contributed by atoms with E-state index in [0.717, 1.165) is 31.4 Å². The average Bonchev–Trinajstić information content (AvgIpc) is 2.53. The number of hydrogen-bond acceptors (Lipinski definition) is 4. The van der Waals surface area contributed by atoms with Crippen molar-refractivity contribution in [2.75, 3.05) is 20.6 Å². The van der Waals surface area contributed by atoms with Gasteiger partial charge in [0.25, 0.3) is 0 Å². The Morgan fingerprint density at radius 1 is 1.09 bits per heavy atom. The Hall–Kier alpha value is -1.72.